The van der Waals surface area contributed by atoms with E-state index in [9.17, 15) is 9.90 Å². The molecule has 110 valence electrons. The lowest BCUT2D eigenvalue weighted by Crippen LogP contribution is -2.27. The molecule has 0 spiro atoms. The van der Waals surface area contributed by atoms with Gasteiger partial charge in [0.25, 0.3) is 5.91 Å². The summed E-state index contributed by atoms with van der Waals surface area (Å²) in [5, 5.41) is 22.4. The van der Waals surface area contributed by atoms with Crippen molar-refractivity contribution >= 4 is 17.3 Å². The summed E-state index contributed by atoms with van der Waals surface area (Å²) in [4.78, 5) is 12.2. The Labute approximate surface area is 122 Å². The molecule has 4 N–H and O–H groups in total. The molecule has 3 rings (SSSR count). The van der Waals surface area contributed by atoms with Gasteiger partial charge in [0.2, 0.25) is 0 Å². The van der Waals surface area contributed by atoms with Crippen LogP contribution in [0.25, 0.3) is 0 Å². The fourth-order valence-electron chi connectivity index (χ4n) is 2.26. The first-order valence-corrected chi connectivity index (χ1v) is 7.06. The number of nitrogens with zero attached hydrogens (tertiary/aromatic N) is 1. The number of nitrogens with one attached hydrogen (secondary N) is 3. The Kier molecular flexibility index (Phi) is 3.51. The zero-order chi connectivity index (χ0) is 14.8. The molecular weight excluding hydrogens is 268 g/mol. The van der Waals surface area contributed by atoms with E-state index >= 15 is 0 Å². The van der Waals surface area contributed by atoms with Crippen LogP contribution in [-0.4, -0.2) is 27.3 Å². The number of aromatic amines is 1. The van der Waals surface area contributed by atoms with Crippen LogP contribution in [0.2, 0.25) is 0 Å². The van der Waals surface area contributed by atoms with Crippen LogP contribution in [0.4, 0.5) is 11.4 Å². The number of benzene rings is 1. The van der Waals surface area contributed by atoms with Gasteiger partial charge in [-0.25, -0.2) is 0 Å². The predicted octanol–water partition coefficient (Wildman–Crippen LogP) is 2.64. The van der Waals surface area contributed by atoms with Gasteiger partial charge >= 0.3 is 0 Å². The number of amides is 1. The normalized spacial score (nSPS) is 14.5. The van der Waals surface area contributed by atoms with Crippen molar-refractivity contribution in [1.82, 2.24) is 10.2 Å². The van der Waals surface area contributed by atoms with E-state index in [1.165, 1.54) is 6.42 Å². The Bertz CT molecular complexity index is 661. The molecular formula is C15H18N4O2. The van der Waals surface area contributed by atoms with Gasteiger partial charge in [0.1, 0.15) is 5.69 Å². The molecule has 1 aromatic heterocycles. The minimum Gasteiger partial charge on any atom is -0.504 e. The van der Waals surface area contributed by atoms with E-state index in [0.717, 1.165) is 18.5 Å². The number of aromatic hydroxyl groups is 1. The number of rotatable bonds is 4. The van der Waals surface area contributed by atoms with Gasteiger partial charge in [-0.15, -0.1) is 0 Å². The van der Waals surface area contributed by atoms with Crippen molar-refractivity contribution in [2.75, 3.05) is 10.6 Å². The molecule has 6 nitrogen and oxygen atoms in total. The van der Waals surface area contributed by atoms with Crippen LogP contribution in [0.3, 0.4) is 0 Å². The Hall–Kier alpha value is -2.50. The average Bonchev–Trinajstić information content (AvgIpc) is 2.76. The number of anilines is 2. The molecule has 1 aromatic carbocycles. The molecule has 0 aliphatic heterocycles. The number of H-pyrrole nitrogens is 1. The highest BCUT2D eigenvalue weighted by atomic mass is 16.3. The topological polar surface area (TPSA) is 90.0 Å². The first kappa shape index (κ1) is 13.5. The van der Waals surface area contributed by atoms with Gasteiger partial charge in [-0.1, -0.05) is 12.1 Å². The fraction of sp³-hybridized carbons (Fsp3) is 0.333. The van der Waals surface area contributed by atoms with Crippen molar-refractivity contribution in [2.45, 2.75) is 32.2 Å². The number of hydrogen-bond donors (Lipinski definition) is 4. The molecule has 1 fully saturated rings. The minimum absolute atomic E-state index is 0.0750. The van der Waals surface area contributed by atoms with Crippen molar-refractivity contribution in [3.63, 3.8) is 0 Å². The quantitative estimate of drug-likeness (QED) is 0.695. The molecule has 1 aliphatic rings. The van der Waals surface area contributed by atoms with E-state index in [0.29, 0.717) is 17.4 Å². The summed E-state index contributed by atoms with van der Waals surface area (Å²) < 4.78 is 0. The smallest absolute Gasteiger partial charge is 0.277 e. The van der Waals surface area contributed by atoms with E-state index in [-0.39, 0.29) is 11.4 Å². The molecule has 1 aliphatic carbocycles. The van der Waals surface area contributed by atoms with E-state index < -0.39 is 5.91 Å². The maximum Gasteiger partial charge on any atom is 0.277 e. The van der Waals surface area contributed by atoms with Crippen LogP contribution >= 0.6 is 0 Å². The van der Waals surface area contributed by atoms with Crippen molar-refractivity contribution in [3.8, 4) is 5.75 Å². The van der Waals surface area contributed by atoms with Gasteiger partial charge in [-0.3, -0.25) is 9.89 Å². The summed E-state index contributed by atoms with van der Waals surface area (Å²) in [5.74, 6) is -0.520. The Balaban J connectivity index is 1.77. The molecule has 6 heteroatoms. The second-order valence-corrected chi connectivity index (χ2v) is 5.30. The average molecular weight is 286 g/mol. The number of aryl methyl sites for hydroxylation is 1. The Morgan fingerprint density at radius 2 is 2.05 bits per heavy atom. The number of aromatic nitrogens is 2. The van der Waals surface area contributed by atoms with Crippen LogP contribution < -0.4 is 10.6 Å². The van der Waals surface area contributed by atoms with E-state index in [2.05, 4.69) is 20.8 Å². The van der Waals surface area contributed by atoms with Crippen LogP contribution in [0.5, 0.6) is 5.75 Å². The van der Waals surface area contributed by atoms with Gasteiger partial charge < -0.3 is 15.7 Å². The molecule has 0 unspecified atom stereocenters. The van der Waals surface area contributed by atoms with Gasteiger partial charge in [-0.2, -0.15) is 5.10 Å². The third-order valence-electron chi connectivity index (χ3n) is 3.78. The molecule has 0 bridgehead atoms. The fourth-order valence-corrected chi connectivity index (χ4v) is 2.26. The molecule has 1 saturated carbocycles. The molecule has 0 radical (unpaired) electrons. The molecule has 2 aromatic rings. The van der Waals surface area contributed by atoms with Gasteiger partial charge in [0.05, 0.1) is 11.4 Å². The lowest BCUT2D eigenvalue weighted by molar-refractivity contribution is 0.102. The number of carbonyl (C=O) groups is 1. The minimum atomic E-state index is -0.407. The van der Waals surface area contributed by atoms with Gasteiger partial charge in [-0.05, 0) is 38.3 Å². The Morgan fingerprint density at radius 1 is 1.33 bits per heavy atom. The summed E-state index contributed by atoms with van der Waals surface area (Å²) in [6, 6.07) is 8.03. The molecule has 1 heterocycles. The number of para-hydroxylation sites is 2. The monoisotopic (exact) mass is 286 g/mol. The van der Waals surface area contributed by atoms with E-state index in [4.69, 9.17) is 0 Å². The zero-order valence-electron chi connectivity index (χ0n) is 11.8. The van der Waals surface area contributed by atoms with Crippen LogP contribution in [-0.2, 0) is 0 Å². The predicted molar refractivity (Wildman–Crippen MR) is 80.6 cm³/mol. The maximum absolute atomic E-state index is 12.2. The van der Waals surface area contributed by atoms with Crippen molar-refractivity contribution in [3.05, 3.63) is 35.7 Å². The summed E-state index contributed by atoms with van der Waals surface area (Å²) in [5.41, 5.74) is 2.07. The van der Waals surface area contributed by atoms with Crippen LogP contribution in [0.15, 0.2) is 24.3 Å². The number of hydrogen-bond acceptors (Lipinski definition) is 4. The maximum atomic E-state index is 12.2. The second-order valence-electron chi connectivity index (χ2n) is 5.30. The largest absolute Gasteiger partial charge is 0.504 e. The summed E-state index contributed by atoms with van der Waals surface area (Å²) in [6.45, 7) is 1.63. The van der Waals surface area contributed by atoms with Gasteiger partial charge in [0.15, 0.2) is 11.4 Å². The summed E-state index contributed by atoms with van der Waals surface area (Å²) >= 11 is 0. The lowest BCUT2D eigenvalue weighted by Gasteiger charge is -2.28. The zero-order valence-corrected chi connectivity index (χ0v) is 11.8. The highest BCUT2D eigenvalue weighted by Gasteiger charge is 2.20. The third-order valence-corrected chi connectivity index (χ3v) is 3.78. The number of carbonyl (C=O) groups excluding carboxylic acids is 1. The Morgan fingerprint density at radius 3 is 2.62 bits per heavy atom. The van der Waals surface area contributed by atoms with E-state index in [1.54, 1.807) is 6.92 Å². The third kappa shape index (κ3) is 2.69. The first-order valence-electron chi connectivity index (χ1n) is 7.06. The molecule has 0 atom stereocenters. The van der Waals surface area contributed by atoms with Crippen molar-refractivity contribution < 1.29 is 9.90 Å². The highest BCUT2D eigenvalue weighted by molar-refractivity contribution is 6.06. The summed E-state index contributed by atoms with van der Waals surface area (Å²) in [6.07, 6.45) is 3.55. The summed E-state index contributed by atoms with van der Waals surface area (Å²) in [7, 11) is 0. The van der Waals surface area contributed by atoms with Crippen molar-refractivity contribution in [1.29, 1.82) is 0 Å². The highest BCUT2D eigenvalue weighted by Crippen LogP contribution is 2.29. The van der Waals surface area contributed by atoms with Crippen LogP contribution in [0, 0.1) is 6.92 Å². The van der Waals surface area contributed by atoms with Crippen molar-refractivity contribution in [2.24, 2.45) is 0 Å². The molecule has 1 amide bonds. The second kappa shape index (κ2) is 5.47. The molecule has 0 saturated heterocycles. The van der Waals surface area contributed by atoms with Gasteiger partial charge in [0, 0.05) is 6.04 Å². The SMILES string of the molecule is Cc1n[nH]c(C(=O)Nc2ccccc2NC2CCC2)c1O. The lowest BCUT2D eigenvalue weighted by atomic mass is 9.93. The molecule has 21 heavy (non-hydrogen) atoms. The first-order chi connectivity index (χ1) is 10.1. The van der Waals surface area contributed by atoms with Crippen LogP contribution in [0.1, 0.15) is 35.4 Å². The standard InChI is InChI=1S/C15H18N4O2/c1-9-14(20)13(19-18-9)15(21)17-12-8-3-2-7-11(12)16-10-5-4-6-10/h2-3,7-8,10,16,20H,4-6H2,1H3,(H,17,21)(H,18,19). The van der Waals surface area contributed by atoms with E-state index in [1.807, 2.05) is 24.3 Å².